The van der Waals surface area contributed by atoms with Gasteiger partial charge in [0, 0.05) is 0 Å². The monoisotopic (exact) mass is 342 g/mol. The van der Waals surface area contributed by atoms with Crippen molar-refractivity contribution in [2.45, 2.75) is 61.4 Å². The first-order chi connectivity index (χ1) is 10.8. The molecule has 2 fully saturated rings. The largest absolute Gasteiger partial charge is 0.394 e. The van der Waals surface area contributed by atoms with Gasteiger partial charge in [-0.25, -0.2) is 0 Å². The van der Waals surface area contributed by atoms with Gasteiger partial charge in [-0.2, -0.15) is 0 Å². The smallest absolute Gasteiger partial charge is 0.187 e. The van der Waals surface area contributed by atoms with Crippen molar-refractivity contribution in [1.82, 2.24) is 0 Å². The van der Waals surface area contributed by atoms with Crippen LogP contribution in [0, 0.1) is 0 Å². The van der Waals surface area contributed by atoms with E-state index in [0.717, 1.165) is 0 Å². The molecule has 11 heteroatoms. The Labute approximate surface area is 130 Å². The second-order valence-electron chi connectivity index (χ2n) is 5.53. The summed E-state index contributed by atoms with van der Waals surface area (Å²) in [5.41, 5.74) is 0. The molecule has 0 amide bonds. The van der Waals surface area contributed by atoms with E-state index in [4.69, 9.17) is 19.3 Å². The number of aliphatic hydroxyl groups excluding tert-OH is 8. The minimum absolute atomic E-state index is 0.667. The van der Waals surface area contributed by atoms with Crippen molar-refractivity contribution in [2.24, 2.45) is 0 Å². The molecular weight excluding hydrogens is 320 g/mol. The summed E-state index contributed by atoms with van der Waals surface area (Å²) in [6.07, 6.45) is -15.6. The van der Waals surface area contributed by atoms with Gasteiger partial charge in [-0.05, 0) is 0 Å². The van der Waals surface area contributed by atoms with Gasteiger partial charge < -0.3 is 55.1 Å². The Bertz CT molecular complexity index is 378. The molecule has 136 valence electrons. The van der Waals surface area contributed by atoms with Crippen LogP contribution >= 0.6 is 0 Å². The Morgan fingerprint density at radius 3 is 1.83 bits per heavy atom. The molecule has 11 nitrogen and oxygen atoms in total. The fraction of sp³-hybridized carbons (Fsp3) is 1.00. The Morgan fingerprint density at radius 2 is 1.26 bits per heavy atom. The van der Waals surface area contributed by atoms with E-state index in [1.54, 1.807) is 0 Å². The molecule has 0 aromatic heterocycles. The third kappa shape index (κ3) is 3.65. The zero-order chi connectivity index (χ0) is 17.3. The van der Waals surface area contributed by atoms with E-state index in [2.05, 4.69) is 0 Å². The molecular formula is C12H22O11. The average molecular weight is 342 g/mol. The summed E-state index contributed by atoms with van der Waals surface area (Å²) < 4.78 is 15.3. The van der Waals surface area contributed by atoms with E-state index >= 15 is 0 Å². The lowest BCUT2D eigenvalue weighted by atomic mass is 9.97. The van der Waals surface area contributed by atoms with Crippen LogP contribution in [0.25, 0.3) is 0 Å². The second-order valence-corrected chi connectivity index (χ2v) is 5.53. The fourth-order valence-electron chi connectivity index (χ4n) is 2.57. The van der Waals surface area contributed by atoms with Crippen LogP contribution in [0.2, 0.25) is 0 Å². The molecule has 2 aliphatic heterocycles. The summed E-state index contributed by atoms with van der Waals surface area (Å²) in [6.45, 7) is -1.35. The maximum atomic E-state index is 9.94. The number of rotatable bonds is 4. The van der Waals surface area contributed by atoms with E-state index in [1.807, 2.05) is 0 Å². The second kappa shape index (κ2) is 7.63. The molecule has 0 radical (unpaired) electrons. The molecule has 2 saturated heterocycles. The minimum atomic E-state index is -1.74. The quantitative estimate of drug-likeness (QED) is 0.243. The zero-order valence-electron chi connectivity index (χ0n) is 12.0. The molecule has 2 heterocycles. The third-order valence-electron chi connectivity index (χ3n) is 3.98. The average Bonchev–Trinajstić information content (AvgIpc) is 2.55. The Hall–Kier alpha value is -0.440. The van der Waals surface area contributed by atoms with Gasteiger partial charge >= 0.3 is 0 Å². The van der Waals surface area contributed by atoms with Gasteiger partial charge in [0.15, 0.2) is 12.6 Å². The van der Waals surface area contributed by atoms with Gasteiger partial charge in [0.1, 0.15) is 48.8 Å². The highest BCUT2D eigenvalue weighted by atomic mass is 16.7. The van der Waals surface area contributed by atoms with E-state index in [0.29, 0.717) is 0 Å². The van der Waals surface area contributed by atoms with Crippen molar-refractivity contribution < 1.29 is 55.1 Å². The topological polar surface area (TPSA) is 190 Å². The van der Waals surface area contributed by atoms with E-state index in [1.165, 1.54) is 0 Å². The Morgan fingerprint density at radius 1 is 0.652 bits per heavy atom. The first-order valence-corrected chi connectivity index (χ1v) is 7.08. The van der Waals surface area contributed by atoms with Crippen LogP contribution in [0.15, 0.2) is 0 Å². The van der Waals surface area contributed by atoms with Gasteiger partial charge in [-0.1, -0.05) is 0 Å². The molecule has 10 atom stereocenters. The molecule has 0 aromatic rings. The molecule has 0 spiro atoms. The SMILES string of the molecule is OC[C@H]1O[C@H](O[C@H]2[C@H](O)[C@H](O)C(O)O[C@@H]2CO)[C@H](O)[C@@H](O)[C@H]1O. The minimum Gasteiger partial charge on any atom is -0.394 e. The molecule has 1 unspecified atom stereocenters. The molecule has 0 aliphatic carbocycles. The number of hydrogen-bond acceptors (Lipinski definition) is 11. The van der Waals surface area contributed by atoms with E-state index in [-0.39, 0.29) is 0 Å². The summed E-state index contributed by atoms with van der Waals surface area (Å²) in [5, 5.41) is 76.5. The van der Waals surface area contributed by atoms with Crippen LogP contribution in [-0.2, 0) is 14.2 Å². The standard InChI is InChI=1S/C12H22O11/c13-1-3-5(15)6(16)9(19)12(22-3)23-10-4(2-14)21-11(20)8(18)7(10)17/h3-20H,1-2H2/t3-,4-,5+,6+,7-,8+,9-,10-,11?,12-/m1/s1. The van der Waals surface area contributed by atoms with Gasteiger partial charge in [0.25, 0.3) is 0 Å². The summed E-state index contributed by atoms with van der Waals surface area (Å²) in [6, 6.07) is 0. The fourth-order valence-corrected chi connectivity index (χ4v) is 2.57. The van der Waals surface area contributed by atoms with Crippen molar-refractivity contribution in [3.63, 3.8) is 0 Å². The molecule has 23 heavy (non-hydrogen) atoms. The van der Waals surface area contributed by atoms with Crippen LogP contribution in [0.3, 0.4) is 0 Å². The molecule has 2 rings (SSSR count). The lowest BCUT2D eigenvalue weighted by molar-refractivity contribution is -0.355. The van der Waals surface area contributed by atoms with Gasteiger partial charge in [0.2, 0.25) is 0 Å². The maximum absolute atomic E-state index is 9.94. The normalized spacial score (nSPS) is 51.7. The lowest BCUT2D eigenvalue weighted by Gasteiger charge is -2.45. The Kier molecular flexibility index (Phi) is 6.27. The number of hydrogen-bond donors (Lipinski definition) is 8. The van der Waals surface area contributed by atoms with Crippen molar-refractivity contribution >= 4 is 0 Å². The molecule has 0 bridgehead atoms. The van der Waals surface area contributed by atoms with Crippen molar-refractivity contribution in [1.29, 1.82) is 0 Å². The van der Waals surface area contributed by atoms with Crippen molar-refractivity contribution in [3.05, 3.63) is 0 Å². The zero-order valence-corrected chi connectivity index (χ0v) is 12.0. The predicted octanol–water partition coefficient (Wildman–Crippen LogP) is -5.40. The van der Waals surface area contributed by atoms with Gasteiger partial charge in [-0.3, -0.25) is 0 Å². The molecule has 2 aliphatic rings. The number of ether oxygens (including phenoxy) is 3. The molecule has 0 aromatic carbocycles. The predicted molar refractivity (Wildman–Crippen MR) is 68.6 cm³/mol. The van der Waals surface area contributed by atoms with Crippen molar-refractivity contribution in [2.75, 3.05) is 13.2 Å². The van der Waals surface area contributed by atoms with E-state index in [9.17, 15) is 35.7 Å². The van der Waals surface area contributed by atoms with Crippen molar-refractivity contribution in [3.8, 4) is 0 Å². The third-order valence-corrected chi connectivity index (χ3v) is 3.98. The van der Waals surface area contributed by atoms with E-state index < -0.39 is 74.6 Å². The van der Waals surface area contributed by atoms with Gasteiger partial charge in [-0.15, -0.1) is 0 Å². The van der Waals surface area contributed by atoms with Gasteiger partial charge in [0.05, 0.1) is 13.2 Å². The molecule has 8 N–H and O–H groups in total. The van der Waals surface area contributed by atoms with Crippen LogP contribution in [-0.4, -0.2) is 115 Å². The lowest BCUT2D eigenvalue weighted by Crippen LogP contribution is -2.64. The van der Waals surface area contributed by atoms with Crippen LogP contribution in [0.4, 0.5) is 0 Å². The highest BCUT2D eigenvalue weighted by Crippen LogP contribution is 2.28. The summed E-state index contributed by atoms with van der Waals surface area (Å²) in [5.74, 6) is 0. The first kappa shape index (κ1) is 18.9. The first-order valence-electron chi connectivity index (χ1n) is 7.08. The summed E-state index contributed by atoms with van der Waals surface area (Å²) >= 11 is 0. The van der Waals surface area contributed by atoms with Crippen LogP contribution < -0.4 is 0 Å². The maximum Gasteiger partial charge on any atom is 0.187 e. The molecule has 0 saturated carbocycles. The number of aliphatic hydroxyl groups is 8. The van der Waals surface area contributed by atoms with Crippen LogP contribution in [0.5, 0.6) is 0 Å². The highest BCUT2D eigenvalue weighted by Gasteiger charge is 2.50. The Balaban J connectivity index is 2.11. The summed E-state index contributed by atoms with van der Waals surface area (Å²) in [4.78, 5) is 0. The summed E-state index contributed by atoms with van der Waals surface area (Å²) in [7, 11) is 0. The van der Waals surface area contributed by atoms with Crippen LogP contribution in [0.1, 0.15) is 0 Å². The highest BCUT2D eigenvalue weighted by molar-refractivity contribution is 4.93.